The molecule has 4 nitrogen and oxygen atoms in total. The molecule has 92 valence electrons. The topological polar surface area (TPSA) is 60.7 Å². The first-order valence-corrected chi connectivity index (χ1v) is 6.39. The van der Waals surface area contributed by atoms with E-state index in [0.717, 1.165) is 21.9 Å². The lowest BCUT2D eigenvalue weighted by atomic mass is 10.1. The van der Waals surface area contributed by atoms with E-state index in [2.05, 4.69) is 21.7 Å². The number of nitriles is 1. The van der Waals surface area contributed by atoms with E-state index in [4.69, 9.17) is 5.26 Å². The molecule has 0 saturated heterocycles. The Labute approximate surface area is 110 Å². The summed E-state index contributed by atoms with van der Waals surface area (Å²) in [7, 11) is 1.79. The number of benzene rings is 1. The predicted octanol–water partition coefficient (Wildman–Crippen LogP) is 3.42. The van der Waals surface area contributed by atoms with E-state index in [9.17, 15) is 0 Å². The number of anilines is 3. The molecule has 0 amide bonds. The van der Waals surface area contributed by atoms with Gasteiger partial charge in [-0.1, -0.05) is 29.5 Å². The van der Waals surface area contributed by atoms with Crippen molar-refractivity contribution in [1.29, 1.82) is 5.26 Å². The molecule has 0 atom stereocenters. The molecule has 1 aromatic carbocycles. The fourth-order valence-corrected chi connectivity index (χ4v) is 2.39. The van der Waals surface area contributed by atoms with Crippen molar-refractivity contribution >= 4 is 28.0 Å². The maximum atomic E-state index is 9.10. The third-order valence-corrected chi connectivity index (χ3v) is 3.64. The van der Waals surface area contributed by atoms with Crippen LogP contribution >= 0.6 is 11.3 Å². The molecular weight excluding hydrogens is 244 g/mol. The van der Waals surface area contributed by atoms with Gasteiger partial charge in [0, 0.05) is 12.7 Å². The zero-order valence-corrected chi connectivity index (χ0v) is 11.4. The maximum absolute atomic E-state index is 9.10. The zero-order valence-electron chi connectivity index (χ0n) is 10.5. The second-order valence-corrected chi connectivity index (χ2v) is 4.95. The molecule has 5 heteroatoms. The molecule has 18 heavy (non-hydrogen) atoms. The van der Waals surface area contributed by atoms with E-state index in [1.54, 1.807) is 7.05 Å². The minimum atomic E-state index is 0.585. The molecule has 2 rings (SSSR count). The summed E-state index contributed by atoms with van der Waals surface area (Å²) in [6, 6.07) is 8.25. The summed E-state index contributed by atoms with van der Waals surface area (Å²) >= 11 is 1.34. The van der Waals surface area contributed by atoms with Crippen molar-refractivity contribution in [2.24, 2.45) is 0 Å². The molecule has 0 aliphatic heterocycles. The number of hydrogen-bond donors (Lipinski definition) is 2. The third kappa shape index (κ3) is 2.29. The first kappa shape index (κ1) is 12.4. The van der Waals surface area contributed by atoms with Crippen LogP contribution in [0.5, 0.6) is 0 Å². The van der Waals surface area contributed by atoms with Gasteiger partial charge in [0.25, 0.3) is 0 Å². The largest absolute Gasteiger partial charge is 0.364 e. The lowest BCUT2D eigenvalue weighted by Gasteiger charge is -2.10. The normalized spacial score (nSPS) is 9.89. The monoisotopic (exact) mass is 258 g/mol. The molecule has 0 unspecified atom stereocenters. The van der Waals surface area contributed by atoms with Crippen molar-refractivity contribution in [1.82, 2.24) is 4.98 Å². The van der Waals surface area contributed by atoms with E-state index in [1.165, 1.54) is 11.3 Å². The van der Waals surface area contributed by atoms with Crippen molar-refractivity contribution in [2.75, 3.05) is 17.7 Å². The van der Waals surface area contributed by atoms with Gasteiger partial charge in [-0.05, 0) is 25.0 Å². The van der Waals surface area contributed by atoms with Gasteiger partial charge in [-0.2, -0.15) is 5.26 Å². The van der Waals surface area contributed by atoms with E-state index in [0.29, 0.717) is 10.7 Å². The highest BCUT2D eigenvalue weighted by Gasteiger charge is 2.12. The van der Waals surface area contributed by atoms with Crippen molar-refractivity contribution in [3.8, 4) is 6.07 Å². The number of aromatic nitrogens is 1. The van der Waals surface area contributed by atoms with Crippen molar-refractivity contribution in [2.45, 2.75) is 13.8 Å². The van der Waals surface area contributed by atoms with Gasteiger partial charge in [0.15, 0.2) is 15.8 Å². The molecule has 0 aliphatic rings. The Morgan fingerprint density at radius 2 is 1.94 bits per heavy atom. The molecule has 0 saturated carbocycles. The number of rotatable bonds is 3. The van der Waals surface area contributed by atoms with Gasteiger partial charge in [0.05, 0.1) is 0 Å². The fourth-order valence-electron chi connectivity index (χ4n) is 1.72. The first-order valence-electron chi connectivity index (χ1n) is 5.57. The van der Waals surface area contributed by atoms with Crippen LogP contribution in [0.25, 0.3) is 0 Å². The number of para-hydroxylation sites is 1. The van der Waals surface area contributed by atoms with Crippen LogP contribution in [0.4, 0.5) is 16.6 Å². The van der Waals surface area contributed by atoms with Gasteiger partial charge < -0.3 is 10.6 Å². The number of hydrogen-bond acceptors (Lipinski definition) is 5. The Hall–Kier alpha value is -2.06. The average Bonchev–Trinajstić information content (AvgIpc) is 2.76. The Kier molecular flexibility index (Phi) is 3.49. The van der Waals surface area contributed by atoms with Crippen LogP contribution in [0.2, 0.25) is 0 Å². The molecule has 0 fully saturated rings. The molecule has 0 radical (unpaired) electrons. The number of nitrogens with one attached hydrogen (secondary N) is 2. The van der Waals surface area contributed by atoms with Crippen LogP contribution in [-0.2, 0) is 0 Å². The summed E-state index contributed by atoms with van der Waals surface area (Å²) in [6.45, 7) is 4.07. The standard InChI is InChI=1S/C13H14N4S/c1-8-5-4-6-9(2)11(8)16-12-10(7-14)18-13(15-3)17-12/h4-6,16H,1-3H3,(H,15,17). The molecule has 1 heterocycles. The Balaban J connectivity index is 2.40. The van der Waals surface area contributed by atoms with Crippen LogP contribution in [-0.4, -0.2) is 12.0 Å². The van der Waals surface area contributed by atoms with E-state index < -0.39 is 0 Å². The maximum Gasteiger partial charge on any atom is 0.185 e. The number of thiazole rings is 1. The molecule has 2 N–H and O–H groups in total. The third-order valence-electron chi connectivity index (χ3n) is 2.67. The second kappa shape index (κ2) is 5.07. The van der Waals surface area contributed by atoms with Gasteiger partial charge in [0.2, 0.25) is 0 Å². The van der Waals surface area contributed by atoms with Crippen molar-refractivity contribution in [3.63, 3.8) is 0 Å². The lowest BCUT2D eigenvalue weighted by molar-refractivity contribution is 1.30. The molecular formula is C13H14N4S. The summed E-state index contributed by atoms with van der Waals surface area (Å²) in [4.78, 5) is 4.94. The highest BCUT2D eigenvalue weighted by Crippen LogP contribution is 2.30. The summed E-state index contributed by atoms with van der Waals surface area (Å²) < 4.78 is 0. The van der Waals surface area contributed by atoms with E-state index in [-0.39, 0.29) is 0 Å². The van der Waals surface area contributed by atoms with Crippen molar-refractivity contribution in [3.05, 3.63) is 34.2 Å². The van der Waals surface area contributed by atoms with Crippen LogP contribution in [0.3, 0.4) is 0 Å². The predicted molar refractivity (Wildman–Crippen MR) is 75.6 cm³/mol. The van der Waals surface area contributed by atoms with Crippen LogP contribution in [0.15, 0.2) is 18.2 Å². The fraction of sp³-hybridized carbons (Fsp3) is 0.231. The quantitative estimate of drug-likeness (QED) is 0.885. The Morgan fingerprint density at radius 1 is 1.28 bits per heavy atom. The van der Waals surface area contributed by atoms with Crippen LogP contribution in [0.1, 0.15) is 16.0 Å². The molecule has 1 aromatic heterocycles. The molecule has 0 bridgehead atoms. The van der Waals surface area contributed by atoms with Gasteiger partial charge in [-0.25, -0.2) is 4.98 Å². The Bertz CT molecular complexity index is 590. The molecule has 0 spiro atoms. The first-order chi connectivity index (χ1) is 8.65. The minimum absolute atomic E-state index is 0.585. The summed E-state index contributed by atoms with van der Waals surface area (Å²) in [6.07, 6.45) is 0. The summed E-state index contributed by atoms with van der Waals surface area (Å²) in [5.41, 5.74) is 3.29. The number of aryl methyl sites for hydroxylation is 2. The highest BCUT2D eigenvalue weighted by atomic mass is 32.1. The minimum Gasteiger partial charge on any atom is -0.364 e. The summed E-state index contributed by atoms with van der Waals surface area (Å²) in [5, 5.41) is 16.0. The highest BCUT2D eigenvalue weighted by molar-refractivity contribution is 7.16. The van der Waals surface area contributed by atoms with Crippen LogP contribution in [0, 0.1) is 25.2 Å². The van der Waals surface area contributed by atoms with E-state index in [1.807, 2.05) is 32.0 Å². The van der Waals surface area contributed by atoms with Gasteiger partial charge >= 0.3 is 0 Å². The van der Waals surface area contributed by atoms with Gasteiger partial charge in [0.1, 0.15) is 6.07 Å². The molecule has 0 aliphatic carbocycles. The zero-order chi connectivity index (χ0) is 13.1. The summed E-state index contributed by atoms with van der Waals surface area (Å²) in [5.74, 6) is 0.615. The number of nitrogens with zero attached hydrogens (tertiary/aromatic N) is 2. The van der Waals surface area contributed by atoms with Gasteiger partial charge in [-0.15, -0.1) is 0 Å². The second-order valence-electron chi connectivity index (χ2n) is 3.95. The molecule has 2 aromatic rings. The SMILES string of the molecule is CNc1nc(Nc2c(C)cccc2C)c(C#N)s1. The van der Waals surface area contributed by atoms with E-state index >= 15 is 0 Å². The van der Waals surface area contributed by atoms with Crippen molar-refractivity contribution < 1.29 is 0 Å². The van der Waals surface area contributed by atoms with Crippen LogP contribution < -0.4 is 10.6 Å². The average molecular weight is 258 g/mol. The Morgan fingerprint density at radius 3 is 2.50 bits per heavy atom. The lowest BCUT2D eigenvalue weighted by Crippen LogP contribution is -1.98. The van der Waals surface area contributed by atoms with Gasteiger partial charge in [-0.3, -0.25) is 0 Å². The smallest absolute Gasteiger partial charge is 0.185 e.